The van der Waals surface area contributed by atoms with Crippen LogP contribution in [0.3, 0.4) is 0 Å². The third-order valence-corrected chi connectivity index (χ3v) is 4.35. The third kappa shape index (κ3) is 4.71. The molecule has 4 aromatic rings. The van der Waals surface area contributed by atoms with Crippen LogP contribution in [0.5, 0.6) is 0 Å². The van der Waals surface area contributed by atoms with Gasteiger partial charge >= 0.3 is 6.09 Å². The van der Waals surface area contributed by atoms with Crippen molar-refractivity contribution in [3.8, 4) is 22.6 Å². The molecule has 1 amide bonds. The topological polar surface area (TPSA) is 64.4 Å². The van der Waals surface area contributed by atoms with Gasteiger partial charge in [0.05, 0.1) is 6.54 Å². The summed E-state index contributed by atoms with van der Waals surface area (Å²) in [7, 11) is 0. The minimum Gasteiger partial charge on any atom is -0.445 e. The van der Waals surface area contributed by atoms with Crippen LogP contribution in [0.4, 0.5) is 4.79 Å². The Bertz CT molecular complexity index is 1000. The molecule has 0 bridgehead atoms. The lowest BCUT2D eigenvalue weighted by Crippen LogP contribution is -2.23. The zero-order chi connectivity index (χ0) is 19.9. The summed E-state index contributed by atoms with van der Waals surface area (Å²) < 4.78 is 11.2. The van der Waals surface area contributed by atoms with Crippen molar-refractivity contribution in [2.45, 2.75) is 13.2 Å². The highest BCUT2D eigenvalue weighted by molar-refractivity contribution is 5.76. The van der Waals surface area contributed by atoms with E-state index in [0.29, 0.717) is 11.7 Å². The SMILES string of the molecule is O=C(NCc1nc(-c2ccccc2)c(-c2ccccc2)o1)OCc1ccccc1. The molecule has 0 atom stereocenters. The first kappa shape index (κ1) is 18.5. The fraction of sp³-hybridized carbons (Fsp3) is 0.0833. The maximum Gasteiger partial charge on any atom is 0.407 e. The van der Waals surface area contributed by atoms with Crippen molar-refractivity contribution in [3.63, 3.8) is 0 Å². The van der Waals surface area contributed by atoms with Crippen molar-refractivity contribution < 1.29 is 13.9 Å². The van der Waals surface area contributed by atoms with Gasteiger partial charge in [0.15, 0.2) is 5.76 Å². The van der Waals surface area contributed by atoms with E-state index in [4.69, 9.17) is 9.15 Å². The standard InChI is InChI=1S/C24H20N2O3/c27-24(28-17-18-10-4-1-5-11-18)25-16-21-26-22(19-12-6-2-7-13-19)23(29-21)20-14-8-3-9-15-20/h1-15H,16-17H2,(H,25,27). The molecular formula is C24H20N2O3. The van der Waals surface area contributed by atoms with Gasteiger partial charge in [-0.15, -0.1) is 0 Å². The molecule has 0 radical (unpaired) electrons. The number of nitrogens with one attached hydrogen (secondary N) is 1. The summed E-state index contributed by atoms with van der Waals surface area (Å²) in [6, 6.07) is 29.2. The molecule has 5 heteroatoms. The molecule has 0 aliphatic rings. The molecule has 4 rings (SSSR count). The molecule has 5 nitrogen and oxygen atoms in total. The first-order valence-electron chi connectivity index (χ1n) is 9.35. The first-order valence-corrected chi connectivity index (χ1v) is 9.35. The molecule has 0 saturated heterocycles. The lowest BCUT2D eigenvalue weighted by molar-refractivity contribution is 0.138. The molecule has 1 N–H and O–H groups in total. The second kappa shape index (κ2) is 8.89. The molecule has 144 valence electrons. The maximum atomic E-state index is 12.0. The Balaban J connectivity index is 1.48. The number of amides is 1. The van der Waals surface area contributed by atoms with Gasteiger partial charge in [-0.25, -0.2) is 9.78 Å². The molecule has 0 aliphatic heterocycles. The number of carbonyl (C=O) groups is 1. The number of aromatic nitrogens is 1. The smallest absolute Gasteiger partial charge is 0.407 e. The van der Waals surface area contributed by atoms with E-state index in [1.807, 2.05) is 91.0 Å². The average Bonchev–Trinajstić information content (AvgIpc) is 3.23. The monoisotopic (exact) mass is 384 g/mol. The summed E-state index contributed by atoms with van der Waals surface area (Å²) in [5, 5.41) is 2.70. The van der Waals surface area contributed by atoms with E-state index in [1.165, 1.54) is 0 Å². The first-order chi connectivity index (χ1) is 14.3. The van der Waals surface area contributed by atoms with Crippen LogP contribution in [-0.2, 0) is 17.9 Å². The van der Waals surface area contributed by atoms with Gasteiger partial charge in [-0.1, -0.05) is 91.0 Å². The Hall–Kier alpha value is -3.86. The van der Waals surface area contributed by atoms with E-state index in [2.05, 4.69) is 10.3 Å². The minimum absolute atomic E-state index is 0.139. The van der Waals surface area contributed by atoms with Gasteiger partial charge in [-0.2, -0.15) is 0 Å². The van der Waals surface area contributed by atoms with Gasteiger partial charge < -0.3 is 14.5 Å². The van der Waals surface area contributed by atoms with Crippen LogP contribution in [0.1, 0.15) is 11.5 Å². The van der Waals surface area contributed by atoms with E-state index >= 15 is 0 Å². The lowest BCUT2D eigenvalue weighted by Gasteiger charge is -2.05. The van der Waals surface area contributed by atoms with E-state index in [9.17, 15) is 4.79 Å². The quantitative estimate of drug-likeness (QED) is 0.481. The van der Waals surface area contributed by atoms with Crippen LogP contribution in [0.2, 0.25) is 0 Å². The number of ether oxygens (including phenoxy) is 1. The van der Waals surface area contributed by atoms with Crippen molar-refractivity contribution in [1.82, 2.24) is 10.3 Å². The highest BCUT2D eigenvalue weighted by Gasteiger charge is 2.17. The largest absolute Gasteiger partial charge is 0.445 e. The molecule has 1 heterocycles. The molecule has 0 unspecified atom stereocenters. The summed E-state index contributed by atoms with van der Waals surface area (Å²) in [5.74, 6) is 1.09. The van der Waals surface area contributed by atoms with Crippen LogP contribution in [0.25, 0.3) is 22.6 Å². The van der Waals surface area contributed by atoms with E-state index in [-0.39, 0.29) is 13.2 Å². The van der Waals surface area contributed by atoms with Crippen molar-refractivity contribution in [3.05, 3.63) is 102 Å². The molecule has 3 aromatic carbocycles. The molecule has 0 spiro atoms. The fourth-order valence-electron chi connectivity index (χ4n) is 2.94. The zero-order valence-corrected chi connectivity index (χ0v) is 15.7. The minimum atomic E-state index is -0.519. The van der Waals surface area contributed by atoms with Crippen LogP contribution in [0, 0.1) is 0 Å². The summed E-state index contributed by atoms with van der Waals surface area (Å²) in [6.07, 6.45) is -0.519. The number of rotatable bonds is 6. The Morgan fingerprint density at radius 3 is 2.07 bits per heavy atom. The number of hydrogen-bond acceptors (Lipinski definition) is 4. The van der Waals surface area contributed by atoms with Crippen LogP contribution in [-0.4, -0.2) is 11.1 Å². The van der Waals surface area contributed by atoms with E-state index in [1.54, 1.807) is 0 Å². The van der Waals surface area contributed by atoms with Crippen molar-refractivity contribution in [2.24, 2.45) is 0 Å². The van der Waals surface area contributed by atoms with Crippen molar-refractivity contribution in [2.75, 3.05) is 0 Å². The van der Waals surface area contributed by atoms with Gasteiger partial charge in [0, 0.05) is 11.1 Å². The summed E-state index contributed by atoms with van der Waals surface area (Å²) in [4.78, 5) is 16.6. The van der Waals surface area contributed by atoms with Gasteiger partial charge in [0.1, 0.15) is 12.3 Å². The number of alkyl carbamates (subject to hydrolysis) is 1. The highest BCUT2D eigenvalue weighted by Crippen LogP contribution is 2.32. The van der Waals surface area contributed by atoms with Gasteiger partial charge in [-0.05, 0) is 5.56 Å². The second-order valence-electron chi connectivity index (χ2n) is 6.43. The van der Waals surface area contributed by atoms with Crippen LogP contribution >= 0.6 is 0 Å². The van der Waals surface area contributed by atoms with Gasteiger partial charge in [0.25, 0.3) is 0 Å². The number of carbonyl (C=O) groups excluding carboxylic acids is 1. The Labute approximate surface area is 169 Å². The number of benzene rings is 3. The third-order valence-electron chi connectivity index (χ3n) is 4.35. The molecular weight excluding hydrogens is 364 g/mol. The molecule has 0 fully saturated rings. The van der Waals surface area contributed by atoms with E-state index in [0.717, 1.165) is 22.4 Å². The summed E-state index contributed by atoms with van der Waals surface area (Å²) in [6.45, 7) is 0.350. The fourth-order valence-corrected chi connectivity index (χ4v) is 2.94. The Morgan fingerprint density at radius 1 is 0.828 bits per heavy atom. The molecule has 0 saturated carbocycles. The normalized spacial score (nSPS) is 10.5. The van der Waals surface area contributed by atoms with Crippen molar-refractivity contribution in [1.29, 1.82) is 0 Å². The van der Waals surface area contributed by atoms with Crippen LogP contribution in [0.15, 0.2) is 95.4 Å². The van der Waals surface area contributed by atoms with Gasteiger partial charge in [-0.3, -0.25) is 0 Å². The maximum absolute atomic E-state index is 12.0. The van der Waals surface area contributed by atoms with E-state index < -0.39 is 6.09 Å². The number of nitrogens with zero attached hydrogens (tertiary/aromatic N) is 1. The molecule has 29 heavy (non-hydrogen) atoms. The highest BCUT2D eigenvalue weighted by atomic mass is 16.5. The Morgan fingerprint density at radius 2 is 1.41 bits per heavy atom. The Kier molecular flexibility index (Phi) is 5.67. The lowest BCUT2D eigenvalue weighted by atomic mass is 10.1. The van der Waals surface area contributed by atoms with Crippen LogP contribution < -0.4 is 5.32 Å². The summed E-state index contributed by atoms with van der Waals surface area (Å²) >= 11 is 0. The number of oxazole rings is 1. The molecule has 0 aliphatic carbocycles. The predicted molar refractivity (Wildman–Crippen MR) is 111 cm³/mol. The van der Waals surface area contributed by atoms with Gasteiger partial charge in [0.2, 0.25) is 5.89 Å². The predicted octanol–water partition coefficient (Wildman–Crippen LogP) is 5.44. The zero-order valence-electron chi connectivity index (χ0n) is 15.7. The summed E-state index contributed by atoms with van der Waals surface area (Å²) in [5.41, 5.74) is 3.55. The second-order valence-corrected chi connectivity index (χ2v) is 6.43. The van der Waals surface area contributed by atoms with Crippen molar-refractivity contribution >= 4 is 6.09 Å². The molecule has 1 aromatic heterocycles. The number of hydrogen-bond donors (Lipinski definition) is 1. The average molecular weight is 384 g/mol.